The number of carbonyl (C=O) groups is 2. The summed E-state index contributed by atoms with van der Waals surface area (Å²) in [5, 5.41) is 0. The van der Waals surface area contributed by atoms with Gasteiger partial charge in [0.25, 0.3) is 0 Å². The Morgan fingerprint density at radius 3 is 2.08 bits per heavy atom. The van der Waals surface area contributed by atoms with Crippen LogP contribution in [0.25, 0.3) is 0 Å². The van der Waals surface area contributed by atoms with E-state index in [1.165, 1.54) is 22.3 Å². The van der Waals surface area contributed by atoms with Gasteiger partial charge in [0.1, 0.15) is 11.5 Å². The van der Waals surface area contributed by atoms with Crippen LogP contribution in [-0.2, 0) is 21.4 Å². The summed E-state index contributed by atoms with van der Waals surface area (Å²) in [6.45, 7) is 18.9. The number of methoxy groups -OCH3 is 1. The smallest absolute Gasteiger partial charge is 0.222 e. The molecule has 39 heavy (non-hydrogen) atoms. The molecule has 1 unspecified atom stereocenters. The van der Waals surface area contributed by atoms with Gasteiger partial charge in [-0.25, -0.2) is 0 Å². The van der Waals surface area contributed by atoms with E-state index in [1.807, 2.05) is 30.0 Å². The first kappa shape index (κ1) is 33.9. The van der Waals surface area contributed by atoms with Crippen LogP contribution in [0.4, 0.5) is 0 Å². The zero-order valence-corrected chi connectivity index (χ0v) is 25.7. The topological polar surface area (TPSA) is 46.6 Å². The van der Waals surface area contributed by atoms with Crippen LogP contribution in [0.2, 0.25) is 0 Å². The first-order chi connectivity index (χ1) is 18.5. The van der Waals surface area contributed by atoms with Crippen LogP contribution in [0.1, 0.15) is 103 Å². The van der Waals surface area contributed by atoms with Crippen LogP contribution in [0.15, 0.2) is 72.8 Å². The largest absolute Gasteiger partial charge is 0.497 e. The Morgan fingerprint density at radius 2 is 1.62 bits per heavy atom. The molecule has 214 valence electrons. The molecule has 0 aliphatic rings. The molecule has 0 N–H and O–H groups in total. The summed E-state index contributed by atoms with van der Waals surface area (Å²) >= 11 is 0. The van der Waals surface area contributed by atoms with Gasteiger partial charge in [0.05, 0.1) is 13.2 Å². The van der Waals surface area contributed by atoms with Crippen molar-refractivity contribution >= 4 is 11.7 Å². The van der Waals surface area contributed by atoms with Crippen molar-refractivity contribution in [1.29, 1.82) is 0 Å². The molecular formula is C35H51NO3. The SMILES string of the molecule is C=C/C(=C\CCC)CCC(C)=O.CCC(=O)N(CCc1ccc(OC)cc1)C(C)c1ccc(C(C)(C)C)cc1. The lowest BCUT2D eigenvalue weighted by atomic mass is 9.86. The highest BCUT2D eigenvalue weighted by molar-refractivity contribution is 5.76. The van der Waals surface area contributed by atoms with Crippen molar-refractivity contribution in [3.8, 4) is 5.75 Å². The summed E-state index contributed by atoms with van der Waals surface area (Å²) in [6.07, 6.45) is 9.08. The number of hydrogen-bond acceptors (Lipinski definition) is 3. The molecule has 0 saturated heterocycles. The normalized spacial score (nSPS) is 12.2. The number of rotatable bonds is 13. The fourth-order valence-corrected chi connectivity index (χ4v) is 4.16. The summed E-state index contributed by atoms with van der Waals surface area (Å²) in [6, 6.07) is 16.8. The highest BCUT2D eigenvalue weighted by atomic mass is 16.5. The summed E-state index contributed by atoms with van der Waals surface area (Å²) in [4.78, 5) is 25.3. The maximum absolute atomic E-state index is 12.6. The second kappa shape index (κ2) is 17.4. The molecular weight excluding hydrogens is 482 g/mol. The average molecular weight is 534 g/mol. The Bertz CT molecular complexity index is 1040. The number of ether oxygens (including phenoxy) is 1. The maximum atomic E-state index is 12.6. The molecule has 0 heterocycles. The monoisotopic (exact) mass is 533 g/mol. The fraction of sp³-hybridized carbons (Fsp3) is 0.486. The van der Waals surface area contributed by atoms with Gasteiger partial charge in [-0.05, 0) is 67.3 Å². The van der Waals surface area contributed by atoms with E-state index < -0.39 is 0 Å². The Labute approximate surface area is 238 Å². The Morgan fingerprint density at radius 1 is 1.00 bits per heavy atom. The van der Waals surface area contributed by atoms with Crippen LogP contribution < -0.4 is 4.74 Å². The molecule has 2 rings (SSSR count). The highest BCUT2D eigenvalue weighted by Crippen LogP contribution is 2.27. The maximum Gasteiger partial charge on any atom is 0.222 e. The van der Waals surface area contributed by atoms with E-state index in [-0.39, 0.29) is 23.1 Å². The molecule has 1 amide bonds. The van der Waals surface area contributed by atoms with E-state index in [0.717, 1.165) is 31.4 Å². The van der Waals surface area contributed by atoms with Gasteiger partial charge < -0.3 is 14.4 Å². The zero-order chi connectivity index (χ0) is 29.4. The third-order valence-electron chi connectivity index (χ3n) is 6.87. The van der Waals surface area contributed by atoms with Crippen LogP contribution in [0, 0.1) is 0 Å². The van der Waals surface area contributed by atoms with Gasteiger partial charge in [-0.1, -0.05) is 102 Å². The van der Waals surface area contributed by atoms with Crippen LogP contribution in [0.3, 0.4) is 0 Å². The van der Waals surface area contributed by atoms with E-state index >= 15 is 0 Å². The first-order valence-electron chi connectivity index (χ1n) is 14.3. The number of Topliss-reactive ketones (excluding diaryl/α,β-unsaturated/α-hetero) is 1. The number of hydrogen-bond donors (Lipinski definition) is 0. The quantitative estimate of drug-likeness (QED) is 0.242. The number of amides is 1. The lowest BCUT2D eigenvalue weighted by molar-refractivity contribution is -0.133. The van der Waals surface area contributed by atoms with Crippen molar-refractivity contribution in [3.63, 3.8) is 0 Å². The Hall–Kier alpha value is -3.14. The first-order valence-corrected chi connectivity index (χ1v) is 14.3. The molecule has 0 saturated carbocycles. The van der Waals surface area contributed by atoms with Crippen molar-refractivity contribution in [2.24, 2.45) is 0 Å². The van der Waals surface area contributed by atoms with Crippen molar-refractivity contribution in [3.05, 3.63) is 89.5 Å². The van der Waals surface area contributed by atoms with Crippen molar-refractivity contribution in [1.82, 2.24) is 4.90 Å². The van der Waals surface area contributed by atoms with Crippen molar-refractivity contribution in [2.45, 2.75) is 98.4 Å². The van der Waals surface area contributed by atoms with E-state index in [1.54, 1.807) is 14.0 Å². The van der Waals surface area contributed by atoms with Gasteiger partial charge in [-0.2, -0.15) is 0 Å². The lowest BCUT2D eigenvalue weighted by Gasteiger charge is -2.30. The summed E-state index contributed by atoms with van der Waals surface area (Å²) in [5.74, 6) is 1.29. The molecule has 0 aromatic heterocycles. The minimum atomic E-state index is 0.0599. The standard InChI is InChI=1S/C24H33NO2.C11H18O/c1-7-23(26)25(17-16-19-8-14-22(27-6)15-9-19)18(2)20-10-12-21(13-11-20)24(3,4)5;1-4-6-7-11(5-2)9-8-10(3)12/h8-15,18H,7,16-17H2,1-6H3;5,7H,2,4,6,8-9H2,1,3H3/b;11-7+. The van der Waals surface area contributed by atoms with Gasteiger partial charge in [0, 0.05) is 19.4 Å². The van der Waals surface area contributed by atoms with Gasteiger partial charge in [0.15, 0.2) is 0 Å². The van der Waals surface area contributed by atoms with Gasteiger partial charge in [-0.15, -0.1) is 0 Å². The zero-order valence-electron chi connectivity index (χ0n) is 25.7. The van der Waals surface area contributed by atoms with E-state index in [4.69, 9.17) is 4.74 Å². The summed E-state index contributed by atoms with van der Waals surface area (Å²) < 4.78 is 5.22. The molecule has 2 aromatic carbocycles. The molecule has 0 aliphatic heterocycles. The number of nitrogens with zero attached hydrogens (tertiary/aromatic N) is 1. The predicted molar refractivity (Wildman–Crippen MR) is 165 cm³/mol. The fourth-order valence-electron chi connectivity index (χ4n) is 4.16. The second-order valence-electron chi connectivity index (χ2n) is 11.1. The third kappa shape index (κ3) is 12.5. The van der Waals surface area contributed by atoms with Crippen LogP contribution >= 0.6 is 0 Å². The summed E-state index contributed by atoms with van der Waals surface area (Å²) in [7, 11) is 1.67. The Balaban J connectivity index is 0.000000534. The highest BCUT2D eigenvalue weighted by Gasteiger charge is 2.21. The van der Waals surface area contributed by atoms with Gasteiger partial charge in [0.2, 0.25) is 5.91 Å². The molecule has 0 spiro atoms. The number of ketones is 1. The minimum absolute atomic E-state index is 0.0599. The third-order valence-corrected chi connectivity index (χ3v) is 6.87. The van der Waals surface area contributed by atoms with Crippen molar-refractivity contribution in [2.75, 3.05) is 13.7 Å². The number of carbonyl (C=O) groups excluding carboxylic acids is 2. The van der Waals surface area contributed by atoms with Gasteiger partial charge in [-0.3, -0.25) is 4.79 Å². The van der Waals surface area contributed by atoms with Crippen LogP contribution in [0.5, 0.6) is 5.75 Å². The van der Waals surface area contributed by atoms with E-state index in [9.17, 15) is 9.59 Å². The molecule has 0 aliphatic carbocycles. The van der Waals surface area contributed by atoms with E-state index in [0.29, 0.717) is 19.4 Å². The molecule has 4 nitrogen and oxygen atoms in total. The van der Waals surface area contributed by atoms with Crippen molar-refractivity contribution < 1.29 is 14.3 Å². The average Bonchev–Trinajstić information content (AvgIpc) is 2.93. The number of unbranched alkanes of at least 4 members (excludes halogenated alkanes) is 1. The van der Waals surface area contributed by atoms with Gasteiger partial charge >= 0.3 is 0 Å². The Kier molecular flexibility index (Phi) is 15.2. The molecule has 1 atom stereocenters. The molecule has 0 fully saturated rings. The van der Waals surface area contributed by atoms with Crippen LogP contribution in [-0.4, -0.2) is 30.2 Å². The molecule has 2 aromatic rings. The lowest BCUT2D eigenvalue weighted by Crippen LogP contribution is -2.34. The minimum Gasteiger partial charge on any atom is -0.497 e. The van der Waals surface area contributed by atoms with E-state index in [2.05, 4.69) is 83.7 Å². The molecule has 0 bridgehead atoms. The molecule has 4 heteroatoms. The second-order valence-corrected chi connectivity index (χ2v) is 11.1. The predicted octanol–water partition coefficient (Wildman–Crippen LogP) is 8.80. The number of benzene rings is 2. The summed E-state index contributed by atoms with van der Waals surface area (Å²) in [5.41, 5.74) is 5.03. The number of allylic oxidation sites excluding steroid dienone is 3. The molecule has 0 radical (unpaired) electrons.